The van der Waals surface area contributed by atoms with Crippen molar-refractivity contribution in [3.05, 3.63) is 117 Å². The van der Waals surface area contributed by atoms with Crippen LogP contribution in [0.2, 0.25) is 15.1 Å². The van der Waals surface area contributed by atoms with Crippen LogP contribution in [0.5, 0.6) is 11.5 Å². The second-order valence-electron chi connectivity index (χ2n) is 8.55. The first-order chi connectivity index (χ1) is 19.3. The highest BCUT2D eigenvalue weighted by atomic mass is 35.5. The quantitative estimate of drug-likeness (QED) is 0.0873. The highest BCUT2D eigenvalue weighted by Gasteiger charge is 2.20. The van der Waals surface area contributed by atoms with E-state index in [2.05, 4.69) is 15.5 Å². The van der Waals surface area contributed by atoms with E-state index in [-0.39, 0.29) is 22.1 Å². The minimum atomic E-state index is -0.664. The van der Waals surface area contributed by atoms with Gasteiger partial charge in [-0.05, 0) is 65.7 Å². The first-order valence-electron chi connectivity index (χ1n) is 11.9. The molecular formula is C30H20Cl3N3O4. The highest BCUT2D eigenvalue weighted by Crippen LogP contribution is 2.34. The molecule has 200 valence electrons. The largest absolute Gasteiger partial charge is 0.493 e. The number of hydrogen-bond acceptors (Lipinski definition) is 5. The minimum Gasteiger partial charge on any atom is -0.493 e. The predicted molar refractivity (Wildman–Crippen MR) is 158 cm³/mol. The van der Waals surface area contributed by atoms with E-state index in [1.807, 2.05) is 42.5 Å². The average Bonchev–Trinajstić information content (AvgIpc) is 3.32. The number of halogens is 3. The van der Waals surface area contributed by atoms with E-state index in [1.165, 1.54) is 25.5 Å². The molecule has 5 aromatic rings. The lowest BCUT2D eigenvalue weighted by Gasteiger charge is -2.10. The Morgan fingerprint density at radius 3 is 2.38 bits per heavy atom. The number of carbonyl (C=O) groups excluding carboxylic acids is 2. The van der Waals surface area contributed by atoms with Gasteiger partial charge in [0.25, 0.3) is 5.91 Å². The number of rotatable bonds is 7. The second kappa shape index (κ2) is 11.8. The van der Waals surface area contributed by atoms with Crippen LogP contribution in [0.4, 0.5) is 0 Å². The number of nitrogens with zero attached hydrogens (tertiary/aromatic N) is 1. The highest BCUT2D eigenvalue weighted by molar-refractivity contribution is 6.36. The Morgan fingerprint density at radius 1 is 0.875 bits per heavy atom. The molecule has 0 fully saturated rings. The van der Waals surface area contributed by atoms with Crippen molar-refractivity contribution in [2.75, 3.05) is 7.11 Å². The molecule has 0 unspecified atom stereocenters. The lowest BCUT2D eigenvalue weighted by Crippen LogP contribution is -2.18. The van der Waals surface area contributed by atoms with Crippen LogP contribution >= 0.6 is 34.8 Å². The molecule has 4 aromatic carbocycles. The SMILES string of the molecule is COc1cc(C=NNC(=O)c2[nH]c3ccc(Cl)cc3c2-c2ccccc2)ccc1OC(=O)c1ccc(Cl)cc1Cl. The summed E-state index contributed by atoms with van der Waals surface area (Å²) in [5.74, 6) is -0.626. The monoisotopic (exact) mass is 591 g/mol. The summed E-state index contributed by atoms with van der Waals surface area (Å²) in [7, 11) is 1.44. The van der Waals surface area contributed by atoms with Gasteiger partial charge in [0, 0.05) is 26.5 Å². The minimum absolute atomic E-state index is 0.163. The summed E-state index contributed by atoms with van der Waals surface area (Å²) in [5, 5.41) is 6.07. The number of nitrogens with one attached hydrogen (secondary N) is 2. The van der Waals surface area contributed by atoms with Crippen LogP contribution < -0.4 is 14.9 Å². The summed E-state index contributed by atoms with van der Waals surface area (Å²) in [6, 6.07) is 24.3. The van der Waals surface area contributed by atoms with Gasteiger partial charge in [0.2, 0.25) is 0 Å². The van der Waals surface area contributed by atoms with Gasteiger partial charge < -0.3 is 14.5 Å². The molecule has 1 heterocycles. The summed E-state index contributed by atoms with van der Waals surface area (Å²) < 4.78 is 10.9. The molecule has 0 aliphatic carbocycles. The van der Waals surface area contributed by atoms with Gasteiger partial charge in [-0.25, -0.2) is 10.2 Å². The van der Waals surface area contributed by atoms with Crippen LogP contribution in [0.25, 0.3) is 22.0 Å². The van der Waals surface area contributed by atoms with Crippen LogP contribution in [0.3, 0.4) is 0 Å². The summed E-state index contributed by atoms with van der Waals surface area (Å²) in [6.45, 7) is 0. The normalized spacial score (nSPS) is 11.1. The van der Waals surface area contributed by atoms with Gasteiger partial charge in [-0.15, -0.1) is 0 Å². The van der Waals surface area contributed by atoms with E-state index in [4.69, 9.17) is 44.3 Å². The molecule has 40 heavy (non-hydrogen) atoms. The maximum atomic E-state index is 13.2. The number of carbonyl (C=O) groups is 2. The smallest absolute Gasteiger partial charge is 0.345 e. The number of fused-ring (bicyclic) bond motifs is 1. The van der Waals surface area contributed by atoms with Gasteiger partial charge in [-0.3, -0.25) is 4.79 Å². The molecule has 0 aliphatic rings. The molecule has 5 rings (SSSR count). The fourth-order valence-electron chi connectivity index (χ4n) is 4.12. The van der Waals surface area contributed by atoms with Crippen LogP contribution in [0, 0.1) is 0 Å². The molecule has 1 amide bonds. The fraction of sp³-hybridized carbons (Fsp3) is 0.0333. The molecule has 0 aliphatic heterocycles. The predicted octanol–water partition coefficient (Wildman–Crippen LogP) is 7.79. The van der Waals surface area contributed by atoms with Crippen molar-refractivity contribution >= 4 is 63.8 Å². The number of hydrazone groups is 1. The zero-order valence-corrected chi connectivity index (χ0v) is 23.1. The van der Waals surface area contributed by atoms with Crippen molar-refractivity contribution in [3.63, 3.8) is 0 Å². The van der Waals surface area contributed by atoms with Crippen LogP contribution in [0.1, 0.15) is 26.4 Å². The number of amides is 1. The number of ether oxygens (including phenoxy) is 2. The maximum absolute atomic E-state index is 13.2. The van der Waals surface area contributed by atoms with Gasteiger partial charge in [-0.1, -0.05) is 65.1 Å². The van der Waals surface area contributed by atoms with Gasteiger partial charge in [0.05, 0.1) is 23.9 Å². The third-order valence-corrected chi connectivity index (χ3v) is 6.75. The number of methoxy groups -OCH3 is 1. The lowest BCUT2D eigenvalue weighted by molar-refractivity contribution is 0.0729. The number of esters is 1. The van der Waals surface area contributed by atoms with E-state index in [9.17, 15) is 9.59 Å². The van der Waals surface area contributed by atoms with E-state index in [0.717, 1.165) is 22.0 Å². The number of H-pyrrole nitrogens is 1. The number of hydrogen-bond donors (Lipinski definition) is 2. The third kappa shape index (κ3) is 5.82. The second-order valence-corrected chi connectivity index (χ2v) is 9.83. The average molecular weight is 593 g/mol. The molecule has 2 N–H and O–H groups in total. The standard InChI is InChI=1S/C30H20Cl3N3O4/c1-39-26-13-17(7-12-25(26)40-30(38)21-10-8-20(32)15-23(21)33)16-34-36-29(37)28-27(18-5-3-2-4-6-18)22-14-19(31)9-11-24(22)35-28/h2-16,35H,1H3,(H,36,37). The molecule has 0 atom stereocenters. The lowest BCUT2D eigenvalue weighted by atomic mass is 10.0. The first-order valence-corrected chi connectivity index (χ1v) is 13.0. The van der Waals surface area contributed by atoms with Gasteiger partial charge in [0.15, 0.2) is 11.5 Å². The van der Waals surface area contributed by atoms with Gasteiger partial charge >= 0.3 is 5.97 Å². The van der Waals surface area contributed by atoms with Gasteiger partial charge in [0.1, 0.15) is 5.69 Å². The Morgan fingerprint density at radius 2 is 1.62 bits per heavy atom. The topological polar surface area (TPSA) is 92.8 Å². The molecule has 10 heteroatoms. The Kier molecular flexibility index (Phi) is 8.07. The Bertz CT molecular complexity index is 1770. The van der Waals surface area contributed by atoms with Gasteiger partial charge in [-0.2, -0.15) is 5.10 Å². The Hall–Kier alpha value is -4.30. The summed E-state index contributed by atoms with van der Waals surface area (Å²) in [5.41, 5.74) is 6.02. The van der Waals surface area contributed by atoms with Crippen LogP contribution in [-0.2, 0) is 0 Å². The molecule has 0 spiro atoms. The zero-order valence-electron chi connectivity index (χ0n) is 20.9. The molecule has 0 saturated heterocycles. The van der Waals surface area contributed by atoms with Crippen LogP contribution in [0.15, 0.2) is 90.0 Å². The van der Waals surface area contributed by atoms with Crippen molar-refractivity contribution in [2.24, 2.45) is 5.10 Å². The molecule has 0 radical (unpaired) electrons. The summed E-state index contributed by atoms with van der Waals surface area (Å²) >= 11 is 18.3. The Balaban J connectivity index is 1.35. The number of aromatic nitrogens is 1. The number of aromatic amines is 1. The van der Waals surface area contributed by atoms with E-state index < -0.39 is 11.9 Å². The summed E-state index contributed by atoms with van der Waals surface area (Å²) in [6.07, 6.45) is 1.45. The van der Waals surface area contributed by atoms with E-state index in [0.29, 0.717) is 21.3 Å². The van der Waals surface area contributed by atoms with Crippen molar-refractivity contribution in [1.82, 2.24) is 10.4 Å². The Labute approximate surface area is 244 Å². The summed E-state index contributed by atoms with van der Waals surface area (Å²) in [4.78, 5) is 29.0. The molecule has 7 nitrogen and oxygen atoms in total. The van der Waals surface area contributed by atoms with E-state index >= 15 is 0 Å². The molecular weight excluding hydrogens is 573 g/mol. The molecule has 1 aromatic heterocycles. The van der Waals surface area contributed by atoms with Crippen molar-refractivity contribution in [3.8, 4) is 22.6 Å². The van der Waals surface area contributed by atoms with Crippen molar-refractivity contribution in [1.29, 1.82) is 0 Å². The number of benzene rings is 4. The fourth-order valence-corrected chi connectivity index (χ4v) is 4.78. The molecule has 0 bridgehead atoms. The van der Waals surface area contributed by atoms with Crippen LogP contribution in [-0.4, -0.2) is 30.2 Å². The zero-order chi connectivity index (χ0) is 28.2. The van der Waals surface area contributed by atoms with E-state index in [1.54, 1.807) is 30.3 Å². The maximum Gasteiger partial charge on any atom is 0.345 e. The molecule has 0 saturated carbocycles. The first kappa shape index (κ1) is 27.3. The van der Waals surface area contributed by atoms with Crippen molar-refractivity contribution in [2.45, 2.75) is 0 Å². The van der Waals surface area contributed by atoms with Crippen molar-refractivity contribution < 1.29 is 19.1 Å². The third-order valence-electron chi connectivity index (χ3n) is 5.97.